The topological polar surface area (TPSA) is 65.1 Å². The second-order valence-corrected chi connectivity index (χ2v) is 4.82. The van der Waals surface area contributed by atoms with Crippen LogP contribution in [0.3, 0.4) is 0 Å². The van der Waals surface area contributed by atoms with Crippen molar-refractivity contribution < 1.29 is 23.8 Å². The zero-order valence-corrected chi connectivity index (χ0v) is 10.9. The summed E-state index contributed by atoms with van der Waals surface area (Å²) in [7, 11) is 4.80. The molecule has 0 N–H and O–H groups in total. The van der Waals surface area contributed by atoms with E-state index in [0.717, 1.165) is 0 Å². The standard InChI is InChI=1S/C12H19NO5/c1-13-7-4-9(14)11(12(15)17-3)8(13)5-10(7)18-6-16-2/h7-8,10-11H,4-6H2,1-3H3/t7?,8-,10-,11+/m0/s1. The second-order valence-electron chi connectivity index (χ2n) is 4.82. The van der Waals surface area contributed by atoms with E-state index in [1.165, 1.54) is 7.11 Å². The van der Waals surface area contributed by atoms with Crippen molar-refractivity contribution in [2.24, 2.45) is 5.92 Å². The quantitative estimate of drug-likeness (QED) is 0.395. The molecule has 0 aromatic rings. The number of ether oxygens (including phenoxy) is 3. The van der Waals surface area contributed by atoms with Gasteiger partial charge in [0.2, 0.25) is 0 Å². The van der Waals surface area contributed by atoms with E-state index in [4.69, 9.17) is 14.2 Å². The fourth-order valence-electron chi connectivity index (χ4n) is 3.01. The third-order valence-electron chi connectivity index (χ3n) is 3.95. The van der Waals surface area contributed by atoms with Crippen LogP contribution in [-0.4, -0.2) is 62.9 Å². The van der Waals surface area contributed by atoms with Gasteiger partial charge in [-0.15, -0.1) is 0 Å². The van der Waals surface area contributed by atoms with Gasteiger partial charge in [0, 0.05) is 25.6 Å². The molecule has 1 unspecified atom stereocenters. The molecule has 2 saturated heterocycles. The van der Waals surface area contributed by atoms with Gasteiger partial charge in [0.15, 0.2) is 0 Å². The number of likely N-dealkylation sites (N-methyl/N-ethyl adjacent to an activating group) is 1. The van der Waals surface area contributed by atoms with Crippen LogP contribution in [0.2, 0.25) is 0 Å². The summed E-state index contributed by atoms with van der Waals surface area (Å²) in [5.41, 5.74) is 0. The number of carbonyl (C=O) groups is 2. The van der Waals surface area contributed by atoms with Crippen molar-refractivity contribution >= 4 is 11.8 Å². The van der Waals surface area contributed by atoms with E-state index >= 15 is 0 Å². The summed E-state index contributed by atoms with van der Waals surface area (Å²) in [4.78, 5) is 25.8. The minimum Gasteiger partial charge on any atom is -0.468 e. The molecular weight excluding hydrogens is 238 g/mol. The van der Waals surface area contributed by atoms with Crippen LogP contribution in [0, 0.1) is 5.92 Å². The van der Waals surface area contributed by atoms with Gasteiger partial charge in [-0.2, -0.15) is 0 Å². The van der Waals surface area contributed by atoms with Crippen molar-refractivity contribution in [2.75, 3.05) is 28.1 Å². The number of ketones is 1. The molecule has 2 rings (SSSR count). The maximum absolute atomic E-state index is 12.0. The van der Waals surface area contributed by atoms with Crippen LogP contribution in [-0.2, 0) is 23.8 Å². The highest BCUT2D eigenvalue weighted by atomic mass is 16.7. The van der Waals surface area contributed by atoms with Crippen LogP contribution < -0.4 is 0 Å². The monoisotopic (exact) mass is 257 g/mol. The first kappa shape index (κ1) is 13.5. The molecule has 0 spiro atoms. The number of esters is 1. The molecule has 0 saturated carbocycles. The van der Waals surface area contributed by atoms with Gasteiger partial charge < -0.3 is 14.2 Å². The Balaban J connectivity index is 2.13. The number of carbonyl (C=O) groups excluding carboxylic acids is 2. The first-order chi connectivity index (χ1) is 8.60. The molecule has 0 aliphatic carbocycles. The first-order valence-electron chi connectivity index (χ1n) is 6.03. The van der Waals surface area contributed by atoms with Crippen molar-refractivity contribution in [3.63, 3.8) is 0 Å². The summed E-state index contributed by atoms with van der Waals surface area (Å²) >= 11 is 0. The fourth-order valence-corrected chi connectivity index (χ4v) is 3.01. The maximum Gasteiger partial charge on any atom is 0.317 e. The summed E-state index contributed by atoms with van der Waals surface area (Å²) in [6.07, 6.45) is 0.940. The maximum atomic E-state index is 12.0. The minimum absolute atomic E-state index is 0.0403. The SMILES string of the molecule is COCO[C@H]1C[C@H]2[C@@H](C(=O)OC)C(=O)CC1N2C. The Morgan fingerprint density at radius 2 is 2.11 bits per heavy atom. The number of piperidine rings is 1. The van der Waals surface area contributed by atoms with Crippen LogP contribution in [0.15, 0.2) is 0 Å². The van der Waals surface area contributed by atoms with Gasteiger partial charge in [0.05, 0.1) is 13.2 Å². The number of hydrogen-bond acceptors (Lipinski definition) is 6. The summed E-state index contributed by atoms with van der Waals surface area (Å²) in [5, 5.41) is 0. The van der Waals surface area contributed by atoms with Gasteiger partial charge in [-0.25, -0.2) is 0 Å². The Morgan fingerprint density at radius 1 is 1.39 bits per heavy atom. The molecule has 0 radical (unpaired) electrons. The average Bonchev–Trinajstić information content (AvgIpc) is 2.57. The molecule has 6 heteroatoms. The number of methoxy groups -OCH3 is 2. The molecular formula is C12H19NO5. The predicted molar refractivity (Wildman–Crippen MR) is 61.8 cm³/mol. The smallest absolute Gasteiger partial charge is 0.317 e. The predicted octanol–water partition coefficient (Wildman–Crippen LogP) is -0.190. The molecule has 0 amide bonds. The Hall–Kier alpha value is -0.980. The lowest BCUT2D eigenvalue weighted by molar-refractivity contribution is -0.154. The third-order valence-corrected chi connectivity index (χ3v) is 3.95. The highest BCUT2D eigenvalue weighted by Gasteiger charge is 2.53. The largest absolute Gasteiger partial charge is 0.468 e. The molecule has 2 aliphatic heterocycles. The molecule has 2 aliphatic rings. The van der Waals surface area contributed by atoms with E-state index < -0.39 is 11.9 Å². The van der Waals surface area contributed by atoms with Crippen LogP contribution >= 0.6 is 0 Å². The lowest BCUT2D eigenvalue weighted by Crippen LogP contribution is -2.51. The summed E-state index contributed by atoms with van der Waals surface area (Å²) < 4.78 is 15.2. The van der Waals surface area contributed by atoms with E-state index in [1.54, 1.807) is 7.11 Å². The van der Waals surface area contributed by atoms with Crippen molar-refractivity contribution in [2.45, 2.75) is 31.0 Å². The van der Waals surface area contributed by atoms with E-state index in [2.05, 4.69) is 4.90 Å². The van der Waals surface area contributed by atoms with Gasteiger partial charge >= 0.3 is 5.97 Å². The molecule has 102 valence electrons. The van der Waals surface area contributed by atoms with E-state index in [1.807, 2.05) is 7.05 Å². The Bertz CT molecular complexity index is 345. The van der Waals surface area contributed by atoms with Gasteiger partial charge in [-0.1, -0.05) is 0 Å². The molecule has 2 fully saturated rings. The number of fused-ring (bicyclic) bond motifs is 2. The highest BCUT2D eigenvalue weighted by Crippen LogP contribution is 2.38. The Morgan fingerprint density at radius 3 is 2.72 bits per heavy atom. The normalized spacial score (nSPS) is 35.8. The van der Waals surface area contributed by atoms with Crippen molar-refractivity contribution in [3.8, 4) is 0 Å². The van der Waals surface area contributed by atoms with E-state index in [-0.39, 0.29) is 30.8 Å². The second kappa shape index (κ2) is 5.34. The summed E-state index contributed by atoms with van der Waals surface area (Å²) in [6.45, 7) is 0.207. The van der Waals surface area contributed by atoms with Crippen LogP contribution in [0.5, 0.6) is 0 Å². The zero-order chi connectivity index (χ0) is 13.3. The summed E-state index contributed by atoms with van der Waals surface area (Å²) in [5.74, 6) is -1.16. The zero-order valence-electron chi connectivity index (χ0n) is 10.9. The number of rotatable bonds is 4. The van der Waals surface area contributed by atoms with Crippen LogP contribution in [0.25, 0.3) is 0 Å². The molecule has 18 heavy (non-hydrogen) atoms. The van der Waals surface area contributed by atoms with Crippen LogP contribution in [0.1, 0.15) is 12.8 Å². The van der Waals surface area contributed by atoms with Gasteiger partial charge in [0.1, 0.15) is 18.5 Å². The first-order valence-corrected chi connectivity index (χ1v) is 6.03. The van der Waals surface area contributed by atoms with Crippen molar-refractivity contribution in [1.29, 1.82) is 0 Å². The van der Waals surface area contributed by atoms with Gasteiger partial charge in [-0.3, -0.25) is 14.5 Å². The van der Waals surface area contributed by atoms with Crippen molar-refractivity contribution in [1.82, 2.24) is 4.90 Å². The molecule has 2 bridgehead atoms. The number of Topliss-reactive ketones (excluding diaryl/α,β-unsaturated/α-hetero) is 1. The fraction of sp³-hybridized carbons (Fsp3) is 0.833. The molecule has 2 heterocycles. The molecule has 4 atom stereocenters. The lowest BCUT2D eigenvalue weighted by atomic mass is 9.89. The van der Waals surface area contributed by atoms with Crippen LogP contribution in [0.4, 0.5) is 0 Å². The number of hydrogen-bond donors (Lipinski definition) is 0. The van der Waals surface area contributed by atoms with Crippen molar-refractivity contribution in [3.05, 3.63) is 0 Å². The van der Waals surface area contributed by atoms with Gasteiger partial charge in [-0.05, 0) is 13.5 Å². The Labute approximate surface area is 106 Å². The minimum atomic E-state index is -0.674. The summed E-state index contributed by atoms with van der Waals surface area (Å²) in [6, 6.07) is -0.0795. The molecule has 0 aromatic carbocycles. The number of nitrogens with zero attached hydrogens (tertiary/aromatic N) is 1. The highest BCUT2D eigenvalue weighted by molar-refractivity contribution is 6.01. The Kier molecular flexibility index (Phi) is 3.99. The van der Waals surface area contributed by atoms with E-state index in [9.17, 15) is 9.59 Å². The van der Waals surface area contributed by atoms with Gasteiger partial charge in [0.25, 0.3) is 0 Å². The average molecular weight is 257 g/mol. The lowest BCUT2D eigenvalue weighted by Gasteiger charge is -2.35. The molecule has 0 aromatic heterocycles. The van der Waals surface area contributed by atoms with E-state index in [0.29, 0.717) is 12.8 Å². The molecule has 6 nitrogen and oxygen atoms in total. The third kappa shape index (κ3) is 2.15.